The van der Waals surface area contributed by atoms with Crippen molar-refractivity contribution in [3.63, 3.8) is 0 Å². The van der Waals surface area contributed by atoms with Crippen LogP contribution in [0.3, 0.4) is 0 Å². The fourth-order valence-corrected chi connectivity index (χ4v) is 2.72. The van der Waals surface area contributed by atoms with Crippen LogP contribution >= 0.6 is 0 Å². The van der Waals surface area contributed by atoms with Crippen LogP contribution < -0.4 is 0 Å². The van der Waals surface area contributed by atoms with Crippen LogP contribution in [0.25, 0.3) is 0 Å². The van der Waals surface area contributed by atoms with Crippen LogP contribution in [0.4, 0.5) is 0 Å². The van der Waals surface area contributed by atoms with Gasteiger partial charge in [-0.15, -0.1) is 0 Å². The number of aromatic amines is 1. The molecule has 2 rings (SSSR count). The van der Waals surface area contributed by atoms with Gasteiger partial charge in [0.1, 0.15) is 5.69 Å². The zero-order valence-corrected chi connectivity index (χ0v) is 13.7. The zero-order valence-electron chi connectivity index (χ0n) is 13.7. The molecular weight excluding hydrogens is 300 g/mol. The van der Waals surface area contributed by atoms with Crippen molar-refractivity contribution in [3.8, 4) is 0 Å². The van der Waals surface area contributed by atoms with E-state index in [-0.39, 0.29) is 30.4 Å². The van der Waals surface area contributed by atoms with E-state index in [1.54, 1.807) is 25.7 Å². The van der Waals surface area contributed by atoms with Crippen LogP contribution in [-0.4, -0.2) is 54.0 Å². The minimum absolute atomic E-state index is 0.188. The quantitative estimate of drug-likeness (QED) is 0.832. The summed E-state index contributed by atoms with van der Waals surface area (Å²) in [4.78, 5) is 40.5. The molecule has 7 heteroatoms. The summed E-state index contributed by atoms with van der Waals surface area (Å²) < 4.78 is 10.1. The number of hydrogen-bond donors (Lipinski definition) is 1. The number of esters is 2. The van der Waals surface area contributed by atoms with Crippen molar-refractivity contribution in [1.29, 1.82) is 0 Å². The molecule has 0 radical (unpaired) electrons. The van der Waals surface area contributed by atoms with Gasteiger partial charge in [0.15, 0.2) is 6.61 Å². The van der Waals surface area contributed by atoms with E-state index in [0.29, 0.717) is 24.3 Å². The van der Waals surface area contributed by atoms with E-state index in [1.807, 2.05) is 0 Å². The van der Waals surface area contributed by atoms with Gasteiger partial charge in [-0.3, -0.25) is 4.79 Å². The molecule has 0 saturated carbocycles. The Bertz CT molecular complexity index is 614. The Hall–Kier alpha value is -2.31. The average molecular weight is 322 g/mol. The van der Waals surface area contributed by atoms with E-state index in [2.05, 4.69) is 4.98 Å². The van der Waals surface area contributed by atoms with E-state index in [0.717, 1.165) is 12.8 Å². The molecule has 0 bridgehead atoms. The Kier molecular flexibility index (Phi) is 5.41. The van der Waals surface area contributed by atoms with Gasteiger partial charge in [0.05, 0.1) is 12.2 Å². The van der Waals surface area contributed by atoms with E-state index < -0.39 is 11.9 Å². The lowest BCUT2D eigenvalue weighted by Gasteiger charge is -2.15. The SMILES string of the molecule is CCOC(=O)c1[nH]c(C)c(C(=O)OCC(=O)N2CCCC2)c1C. The highest BCUT2D eigenvalue weighted by Crippen LogP contribution is 2.20. The van der Waals surface area contributed by atoms with Gasteiger partial charge < -0.3 is 19.4 Å². The third-order valence-corrected chi connectivity index (χ3v) is 3.91. The third kappa shape index (κ3) is 3.72. The molecule has 0 spiro atoms. The van der Waals surface area contributed by atoms with Crippen molar-refractivity contribution < 1.29 is 23.9 Å². The number of H-pyrrole nitrogens is 1. The van der Waals surface area contributed by atoms with Crippen molar-refractivity contribution in [2.45, 2.75) is 33.6 Å². The number of rotatable bonds is 5. The van der Waals surface area contributed by atoms with Gasteiger partial charge in [-0.05, 0) is 39.2 Å². The first-order chi connectivity index (χ1) is 11.0. The lowest BCUT2D eigenvalue weighted by molar-refractivity contribution is -0.133. The van der Waals surface area contributed by atoms with Gasteiger partial charge in [0.2, 0.25) is 0 Å². The first kappa shape index (κ1) is 17.1. The molecule has 0 atom stereocenters. The Labute approximate surface area is 134 Å². The molecule has 0 unspecified atom stereocenters. The zero-order chi connectivity index (χ0) is 17.0. The first-order valence-corrected chi connectivity index (χ1v) is 7.76. The van der Waals surface area contributed by atoms with Gasteiger partial charge in [-0.1, -0.05) is 0 Å². The van der Waals surface area contributed by atoms with Crippen LogP contribution in [0.15, 0.2) is 0 Å². The largest absolute Gasteiger partial charge is 0.461 e. The monoisotopic (exact) mass is 322 g/mol. The number of hydrogen-bond acceptors (Lipinski definition) is 5. The standard InChI is InChI=1S/C16H22N2O5/c1-4-22-16(21)14-10(2)13(11(3)17-14)15(20)23-9-12(19)18-7-5-6-8-18/h17H,4-9H2,1-3H3. The number of carbonyl (C=O) groups excluding carboxylic acids is 3. The molecule has 0 aromatic carbocycles. The maximum atomic E-state index is 12.2. The van der Waals surface area contributed by atoms with E-state index >= 15 is 0 Å². The number of nitrogens with zero attached hydrogens (tertiary/aromatic N) is 1. The summed E-state index contributed by atoms with van der Waals surface area (Å²) >= 11 is 0. The predicted octanol–water partition coefficient (Wildman–Crippen LogP) is 1.59. The molecule has 1 aliphatic rings. The van der Waals surface area contributed by atoms with Crippen LogP contribution in [0.2, 0.25) is 0 Å². The highest BCUT2D eigenvalue weighted by atomic mass is 16.5. The highest BCUT2D eigenvalue weighted by molar-refractivity contribution is 5.99. The number of amides is 1. The molecule has 1 aromatic rings. The van der Waals surface area contributed by atoms with Crippen LogP contribution in [-0.2, 0) is 14.3 Å². The Morgan fingerprint density at radius 3 is 2.35 bits per heavy atom. The molecule has 1 saturated heterocycles. The maximum Gasteiger partial charge on any atom is 0.355 e. The van der Waals surface area contributed by atoms with Crippen molar-refractivity contribution in [2.75, 3.05) is 26.3 Å². The topological polar surface area (TPSA) is 88.7 Å². The van der Waals surface area contributed by atoms with Gasteiger partial charge in [0.25, 0.3) is 5.91 Å². The summed E-state index contributed by atoms with van der Waals surface area (Å²) in [5, 5.41) is 0. The second-order valence-electron chi connectivity index (χ2n) is 5.51. The predicted molar refractivity (Wildman–Crippen MR) is 82.3 cm³/mol. The Morgan fingerprint density at radius 2 is 1.74 bits per heavy atom. The van der Waals surface area contributed by atoms with Gasteiger partial charge in [-0.25, -0.2) is 9.59 Å². The number of likely N-dealkylation sites (tertiary alicyclic amines) is 1. The molecule has 1 N–H and O–H groups in total. The summed E-state index contributed by atoms with van der Waals surface area (Å²) in [6.45, 7) is 6.43. The van der Waals surface area contributed by atoms with E-state index in [9.17, 15) is 14.4 Å². The van der Waals surface area contributed by atoms with Crippen LogP contribution in [0, 0.1) is 13.8 Å². The molecule has 2 heterocycles. The molecule has 7 nitrogen and oxygen atoms in total. The second-order valence-corrected chi connectivity index (χ2v) is 5.51. The Morgan fingerprint density at radius 1 is 1.09 bits per heavy atom. The molecule has 1 aliphatic heterocycles. The fraction of sp³-hybridized carbons (Fsp3) is 0.562. The summed E-state index contributed by atoms with van der Waals surface area (Å²) in [5.74, 6) is -1.31. The van der Waals surface area contributed by atoms with Crippen molar-refractivity contribution in [1.82, 2.24) is 9.88 Å². The van der Waals surface area contributed by atoms with Gasteiger partial charge >= 0.3 is 11.9 Å². The maximum absolute atomic E-state index is 12.2. The number of aryl methyl sites for hydroxylation is 1. The minimum Gasteiger partial charge on any atom is -0.461 e. The van der Waals surface area contributed by atoms with E-state index in [4.69, 9.17) is 9.47 Å². The lowest BCUT2D eigenvalue weighted by atomic mass is 10.1. The molecule has 1 amide bonds. The fourth-order valence-electron chi connectivity index (χ4n) is 2.72. The molecule has 126 valence electrons. The molecule has 1 aromatic heterocycles. The summed E-state index contributed by atoms with van der Waals surface area (Å²) in [7, 11) is 0. The Balaban J connectivity index is 2.04. The average Bonchev–Trinajstić information content (AvgIpc) is 3.13. The number of nitrogens with one attached hydrogen (secondary N) is 1. The van der Waals surface area contributed by atoms with Crippen molar-refractivity contribution in [2.24, 2.45) is 0 Å². The normalized spacial score (nSPS) is 14.0. The second kappa shape index (κ2) is 7.30. The van der Waals surface area contributed by atoms with Crippen molar-refractivity contribution in [3.05, 3.63) is 22.5 Å². The first-order valence-electron chi connectivity index (χ1n) is 7.76. The molecule has 0 aliphatic carbocycles. The summed E-state index contributed by atoms with van der Waals surface area (Å²) in [5.41, 5.74) is 1.51. The smallest absolute Gasteiger partial charge is 0.355 e. The number of ether oxygens (including phenoxy) is 2. The van der Waals surface area contributed by atoms with Gasteiger partial charge in [0, 0.05) is 18.8 Å². The van der Waals surface area contributed by atoms with Crippen LogP contribution in [0.1, 0.15) is 51.9 Å². The highest BCUT2D eigenvalue weighted by Gasteiger charge is 2.25. The minimum atomic E-state index is -0.612. The third-order valence-electron chi connectivity index (χ3n) is 3.91. The molecule has 23 heavy (non-hydrogen) atoms. The van der Waals surface area contributed by atoms with Gasteiger partial charge in [-0.2, -0.15) is 0 Å². The number of aromatic nitrogens is 1. The number of carbonyl (C=O) groups is 3. The summed E-state index contributed by atoms with van der Waals surface area (Å²) in [6, 6.07) is 0. The van der Waals surface area contributed by atoms with Crippen LogP contribution in [0.5, 0.6) is 0 Å². The van der Waals surface area contributed by atoms with E-state index in [1.165, 1.54) is 0 Å². The van der Waals surface area contributed by atoms with Crippen molar-refractivity contribution >= 4 is 17.8 Å². The molecular formula is C16H22N2O5. The summed E-state index contributed by atoms with van der Waals surface area (Å²) in [6.07, 6.45) is 1.97. The molecule has 1 fully saturated rings. The lowest BCUT2D eigenvalue weighted by Crippen LogP contribution is -2.32.